The molecule has 3 rings (SSSR count). The Labute approximate surface area is 121 Å². The van der Waals surface area contributed by atoms with Crippen LogP contribution in [0.4, 0.5) is 0 Å². The summed E-state index contributed by atoms with van der Waals surface area (Å²) >= 11 is 0. The van der Waals surface area contributed by atoms with Gasteiger partial charge in [0.2, 0.25) is 0 Å². The SMILES string of the molecule is O=C(O)C1c2ccccc2CCN1S(=O)(=O)c1cnc[nH]1. The number of hydrogen-bond acceptors (Lipinski definition) is 4. The molecule has 0 saturated carbocycles. The summed E-state index contributed by atoms with van der Waals surface area (Å²) in [5.74, 6) is -1.19. The van der Waals surface area contributed by atoms with Gasteiger partial charge in [0, 0.05) is 6.54 Å². The summed E-state index contributed by atoms with van der Waals surface area (Å²) in [6.07, 6.45) is 2.91. The largest absolute Gasteiger partial charge is 0.480 e. The second kappa shape index (κ2) is 4.97. The van der Waals surface area contributed by atoms with Crippen molar-refractivity contribution in [3.63, 3.8) is 0 Å². The number of hydrogen-bond donors (Lipinski definition) is 2. The molecule has 2 aromatic rings. The van der Waals surface area contributed by atoms with Gasteiger partial charge in [-0.3, -0.25) is 4.79 Å². The summed E-state index contributed by atoms with van der Waals surface area (Å²) in [5.41, 5.74) is 1.38. The van der Waals surface area contributed by atoms with E-state index in [-0.39, 0.29) is 11.6 Å². The minimum Gasteiger partial charge on any atom is -0.480 e. The first kappa shape index (κ1) is 13.8. The third-order valence-corrected chi connectivity index (χ3v) is 5.32. The molecule has 0 spiro atoms. The number of aromatic nitrogens is 2. The third-order valence-electron chi connectivity index (χ3n) is 3.53. The van der Waals surface area contributed by atoms with Crippen LogP contribution in [0.25, 0.3) is 0 Å². The molecule has 0 amide bonds. The van der Waals surface area contributed by atoms with Crippen LogP contribution >= 0.6 is 0 Å². The number of benzene rings is 1. The number of nitrogens with one attached hydrogen (secondary N) is 1. The molecule has 1 aliphatic heterocycles. The number of carboxylic acids is 1. The van der Waals surface area contributed by atoms with Crippen molar-refractivity contribution < 1.29 is 18.3 Å². The van der Waals surface area contributed by atoms with Crippen LogP contribution in [-0.2, 0) is 21.2 Å². The van der Waals surface area contributed by atoms with E-state index in [1.54, 1.807) is 12.1 Å². The molecule has 1 unspecified atom stereocenters. The highest BCUT2D eigenvalue weighted by Crippen LogP contribution is 2.33. The molecule has 0 fully saturated rings. The summed E-state index contributed by atoms with van der Waals surface area (Å²) in [7, 11) is -3.92. The van der Waals surface area contributed by atoms with Crippen LogP contribution in [0.1, 0.15) is 17.2 Å². The lowest BCUT2D eigenvalue weighted by atomic mass is 9.94. The molecule has 8 heteroatoms. The van der Waals surface area contributed by atoms with Crippen molar-refractivity contribution in [2.24, 2.45) is 0 Å². The number of H-pyrrole nitrogens is 1. The number of aliphatic carboxylic acids is 1. The number of fused-ring (bicyclic) bond motifs is 1. The predicted molar refractivity (Wildman–Crippen MR) is 73.0 cm³/mol. The average Bonchev–Trinajstić information content (AvgIpc) is 3.00. The number of sulfonamides is 1. The van der Waals surface area contributed by atoms with Gasteiger partial charge in [0.05, 0.1) is 12.5 Å². The topological polar surface area (TPSA) is 103 Å². The number of imidazole rings is 1. The third kappa shape index (κ3) is 2.22. The van der Waals surface area contributed by atoms with Crippen LogP contribution in [0.15, 0.2) is 41.8 Å². The van der Waals surface area contributed by atoms with E-state index in [0.717, 1.165) is 9.87 Å². The zero-order valence-electron chi connectivity index (χ0n) is 10.9. The van der Waals surface area contributed by atoms with Crippen LogP contribution in [0.2, 0.25) is 0 Å². The molecule has 1 aliphatic rings. The number of rotatable bonds is 3. The van der Waals surface area contributed by atoms with Gasteiger partial charge in [-0.25, -0.2) is 13.4 Å². The van der Waals surface area contributed by atoms with Gasteiger partial charge >= 0.3 is 5.97 Å². The Kier molecular flexibility index (Phi) is 3.26. The van der Waals surface area contributed by atoms with Crippen LogP contribution in [0.5, 0.6) is 0 Å². The zero-order valence-corrected chi connectivity index (χ0v) is 11.7. The quantitative estimate of drug-likeness (QED) is 0.872. The second-order valence-electron chi connectivity index (χ2n) is 4.72. The van der Waals surface area contributed by atoms with E-state index >= 15 is 0 Å². The molecule has 1 atom stereocenters. The van der Waals surface area contributed by atoms with Gasteiger partial charge in [-0.2, -0.15) is 4.31 Å². The summed E-state index contributed by atoms with van der Waals surface area (Å²) in [6, 6.07) is 5.79. The lowest BCUT2D eigenvalue weighted by Gasteiger charge is -2.33. The van der Waals surface area contributed by atoms with Crippen molar-refractivity contribution in [3.05, 3.63) is 47.9 Å². The van der Waals surface area contributed by atoms with Gasteiger partial charge in [-0.15, -0.1) is 0 Å². The molecule has 1 aromatic heterocycles. The van der Waals surface area contributed by atoms with E-state index < -0.39 is 22.0 Å². The fraction of sp³-hybridized carbons (Fsp3) is 0.231. The lowest BCUT2D eigenvalue weighted by molar-refractivity contribution is -0.142. The molecule has 7 nitrogen and oxygen atoms in total. The van der Waals surface area contributed by atoms with Crippen molar-refractivity contribution in [2.45, 2.75) is 17.5 Å². The first-order valence-electron chi connectivity index (χ1n) is 6.32. The molecule has 1 aromatic carbocycles. The zero-order chi connectivity index (χ0) is 15.0. The van der Waals surface area contributed by atoms with Gasteiger partial charge < -0.3 is 10.1 Å². The first-order chi connectivity index (χ1) is 10.0. The molecule has 0 saturated heterocycles. The molecule has 21 heavy (non-hydrogen) atoms. The molecule has 0 aliphatic carbocycles. The molecule has 2 heterocycles. The van der Waals surface area contributed by atoms with E-state index in [1.807, 2.05) is 12.1 Å². The van der Waals surface area contributed by atoms with Gasteiger partial charge in [-0.1, -0.05) is 24.3 Å². The van der Waals surface area contributed by atoms with Gasteiger partial charge in [-0.05, 0) is 17.5 Å². The normalized spacial score (nSPS) is 19.1. The van der Waals surface area contributed by atoms with Crippen LogP contribution < -0.4 is 0 Å². The lowest BCUT2D eigenvalue weighted by Crippen LogP contribution is -2.43. The standard InChI is InChI=1S/C13H13N3O4S/c17-13(18)12-10-4-2-1-3-9(10)5-6-16(12)21(19,20)11-7-14-8-15-11/h1-4,7-8,12H,5-6H2,(H,14,15)(H,17,18). The number of carbonyl (C=O) groups is 1. The Morgan fingerprint density at radius 3 is 2.81 bits per heavy atom. The second-order valence-corrected chi connectivity index (χ2v) is 6.58. The number of carboxylic acid groups (broad SMARTS) is 1. The number of aromatic amines is 1. The molecular formula is C13H13N3O4S. The Morgan fingerprint density at radius 2 is 2.14 bits per heavy atom. The van der Waals surface area contributed by atoms with Crippen molar-refractivity contribution in [2.75, 3.05) is 6.54 Å². The molecule has 0 radical (unpaired) electrons. The maximum Gasteiger partial charge on any atom is 0.326 e. The Hall–Kier alpha value is -2.19. The Balaban J connectivity index is 2.10. The van der Waals surface area contributed by atoms with Crippen LogP contribution in [0, 0.1) is 0 Å². The smallest absolute Gasteiger partial charge is 0.326 e. The van der Waals surface area contributed by atoms with E-state index in [0.29, 0.717) is 12.0 Å². The van der Waals surface area contributed by atoms with Crippen molar-refractivity contribution in [1.29, 1.82) is 0 Å². The summed E-state index contributed by atoms with van der Waals surface area (Å²) in [5, 5.41) is 9.38. The van der Waals surface area contributed by atoms with E-state index in [1.165, 1.54) is 12.5 Å². The van der Waals surface area contributed by atoms with E-state index in [2.05, 4.69) is 9.97 Å². The van der Waals surface area contributed by atoms with Gasteiger partial charge in [0.25, 0.3) is 10.0 Å². The molecule has 2 N–H and O–H groups in total. The molecule has 110 valence electrons. The highest BCUT2D eigenvalue weighted by atomic mass is 32.2. The Morgan fingerprint density at radius 1 is 1.38 bits per heavy atom. The van der Waals surface area contributed by atoms with Crippen molar-refractivity contribution in [3.8, 4) is 0 Å². The van der Waals surface area contributed by atoms with E-state index in [9.17, 15) is 18.3 Å². The monoisotopic (exact) mass is 307 g/mol. The van der Waals surface area contributed by atoms with Gasteiger partial charge in [0.15, 0.2) is 5.03 Å². The van der Waals surface area contributed by atoms with Crippen LogP contribution in [-0.4, -0.2) is 40.3 Å². The Bertz CT molecular complexity index is 770. The molecule has 0 bridgehead atoms. The fourth-order valence-electron chi connectivity index (χ4n) is 2.57. The maximum absolute atomic E-state index is 12.6. The first-order valence-corrected chi connectivity index (χ1v) is 7.76. The highest BCUT2D eigenvalue weighted by Gasteiger charge is 2.41. The highest BCUT2D eigenvalue weighted by molar-refractivity contribution is 7.89. The predicted octanol–water partition coefficient (Wildman–Crippen LogP) is 0.782. The average molecular weight is 307 g/mol. The summed E-state index contributed by atoms with van der Waals surface area (Å²) in [6.45, 7) is 0.120. The number of nitrogens with zero attached hydrogens (tertiary/aromatic N) is 2. The summed E-state index contributed by atoms with van der Waals surface area (Å²) in [4.78, 5) is 17.8. The van der Waals surface area contributed by atoms with Crippen molar-refractivity contribution in [1.82, 2.24) is 14.3 Å². The van der Waals surface area contributed by atoms with Gasteiger partial charge in [0.1, 0.15) is 6.04 Å². The molecular weight excluding hydrogens is 294 g/mol. The van der Waals surface area contributed by atoms with Crippen molar-refractivity contribution >= 4 is 16.0 Å². The minimum absolute atomic E-state index is 0.104. The van der Waals surface area contributed by atoms with Crippen LogP contribution in [0.3, 0.4) is 0 Å². The summed E-state index contributed by atoms with van der Waals surface area (Å²) < 4.78 is 26.1. The van der Waals surface area contributed by atoms with E-state index in [4.69, 9.17) is 0 Å². The minimum atomic E-state index is -3.92. The maximum atomic E-state index is 12.6. The fourth-order valence-corrected chi connectivity index (χ4v) is 4.03.